The van der Waals surface area contributed by atoms with Crippen molar-refractivity contribution in [2.24, 2.45) is 0 Å². The van der Waals surface area contributed by atoms with Crippen LogP contribution < -0.4 is 5.32 Å². The second kappa shape index (κ2) is 6.45. The van der Waals surface area contributed by atoms with Gasteiger partial charge in [0.1, 0.15) is 17.4 Å². The van der Waals surface area contributed by atoms with Crippen molar-refractivity contribution in [3.05, 3.63) is 54.4 Å². The minimum atomic E-state index is 0.232. The van der Waals surface area contributed by atoms with Gasteiger partial charge in [-0.3, -0.25) is 4.90 Å². The smallest absolute Gasteiger partial charge is 0.145 e. The number of hydrogen-bond donors (Lipinski definition) is 2. The molecule has 0 unspecified atom stereocenters. The van der Waals surface area contributed by atoms with Crippen LogP contribution in [0, 0.1) is 0 Å². The van der Waals surface area contributed by atoms with E-state index in [1.807, 2.05) is 36.4 Å². The summed E-state index contributed by atoms with van der Waals surface area (Å²) in [4.78, 5) is 11.9. The second-order valence-electron chi connectivity index (χ2n) is 6.16. The molecule has 1 saturated heterocycles. The summed E-state index contributed by atoms with van der Waals surface area (Å²) in [6, 6.07) is 15.1. The Morgan fingerprint density at radius 1 is 1.00 bits per heavy atom. The molecule has 1 aliphatic heterocycles. The Kier molecular flexibility index (Phi) is 4.01. The summed E-state index contributed by atoms with van der Waals surface area (Å²) in [5.74, 6) is 1.84. The number of rotatable bonds is 4. The topological polar surface area (TPSA) is 61.3 Å². The largest absolute Gasteiger partial charge is 0.508 e. The second-order valence-corrected chi connectivity index (χ2v) is 6.16. The minimum Gasteiger partial charge on any atom is -0.508 e. The zero-order valence-corrected chi connectivity index (χ0v) is 13.4. The number of hydrogen-bond acceptors (Lipinski definition) is 5. The van der Waals surface area contributed by atoms with Crippen molar-refractivity contribution < 1.29 is 5.11 Å². The molecule has 0 aliphatic carbocycles. The lowest BCUT2D eigenvalue weighted by atomic mass is 10.2. The van der Waals surface area contributed by atoms with E-state index in [9.17, 15) is 5.11 Å². The number of aromatic nitrogens is 2. The normalized spacial score (nSPS) is 15.0. The first-order valence-electron chi connectivity index (χ1n) is 8.32. The summed E-state index contributed by atoms with van der Waals surface area (Å²) in [6.07, 6.45) is 2.50. The highest BCUT2D eigenvalue weighted by molar-refractivity contribution is 5.90. The van der Waals surface area contributed by atoms with Crippen LogP contribution in [0.3, 0.4) is 0 Å². The number of phenols is 1. The summed E-state index contributed by atoms with van der Waals surface area (Å²) in [5.41, 5.74) is 1.75. The van der Waals surface area contributed by atoms with E-state index in [-0.39, 0.29) is 5.75 Å². The van der Waals surface area contributed by atoms with Crippen LogP contribution in [0.25, 0.3) is 10.9 Å². The molecule has 5 heteroatoms. The highest BCUT2D eigenvalue weighted by Gasteiger charge is 2.15. The fourth-order valence-corrected chi connectivity index (χ4v) is 3.15. The number of aromatic hydroxyl groups is 1. The van der Waals surface area contributed by atoms with Gasteiger partial charge in [-0.05, 0) is 50.2 Å². The zero-order chi connectivity index (χ0) is 16.4. The zero-order valence-electron chi connectivity index (χ0n) is 13.4. The van der Waals surface area contributed by atoms with Gasteiger partial charge < -0.3 is 10.4 Å². The average molecular weight is 320 g/mol. The number of nitrogens with zero attached hydrogens (tertiary/aromatic N) is 3. The quantitative estimate of drug-likeness (QED) is 0.768. The number of anilines is 2. The van der Waals surface area contributed by atoms with E-state index in [1.54, 1.807) is 12.1 Å². The Morgan fingerprint density at radius 2 is 1.83 bits per heavy atom. The first-order chi connectivity index (χ1) is 11.8. The van der Waals surface area contributed by atoms with Gasteiger partial charge in [-0.2, -0.15) is 0 Å². The predicted octanol–water partition coefficient (Wildman–Crippen LogP) is 3.67. The van der Waals surface area contributed by atoms with Crippen LogP contribution in [0.2, 0.25) is 0 Å². The number of likely N-dealkylation sites (tertiary alicyclic amines) is 1. The Hall–Kier alpha value is -2.66. The van der Waals surface area contributed by atoms with Crippen molar-refractivity contribution in [3.63, 3.8) is 0 Å². The maximum Gasteiger partial charge on any atom is 0.145 e. The van der Waals surface area contributed by atoms with Crippen LogP contribution in [0.5, 0.6) is 5.75 Å². The molecule has 24 heavy (non-hydrogen) atoms. The molecule has 0 spiro atoms. The summed E-state index contributed by atoms with van der Waals surface area (Å²) < 4.78 is 0. The van der Waals surface area contributed by atoms with Crippen molar-refractivity contribution in [1.29, 1.82) is 0 Å². The third-order valence-electron chi connectivity index (χ3n) is 4.32. The third-order valence-corrected chi connectivity index (χ3v) is 4.32. The Morgan fingerprint density at radius 3 is 2.67 bits per heavy atom. The lowest BCUT2D eigenvalue weighted by molar-refractivity contribution is 0.323. The maximum absolute atomic E-state index is 9.67. The first kappa shape index (κ1) is 14.9. The van der Waals surface area contributed by atoms with Crippen LogP contribution >= 0.6 is 0 Å². The molecule has 1 fully saturated rings. The summed E-state index contributed by atoms with van der Waals surface area (Å²) in [5, 5.41) is 14.0. The molecule has 0 radical (unpaired) electrons. The first-order valence-corrected chi connectivity index (χ1v) is 8.32. The molecule has 1 aliphatic rings. The molecular weight excluding hydrogens is 300 g/mol. The van der Waals surface area contributed by atoms with Crippen LogP contribution in [-0.2, 0) is 6.54 Å². The lowest BCUT2D eigenvalue weighted by Gasteiger charge is -2.15. The van der Waals surface area contributed by atoms with Gasteiger partial charge in [-0.1, -0.05) is 18.2 Å². The van der Waals surface area contributed by atoms with E-state index in [2.05, 4.69) is 10.2 Å². The molecule has 2 aromatic carbocycles. The van der Waals surface area contributed by atoms with E-state index in [0.717, 1.165) is 47.9 Å². The summed E-state index contributed by atoms with van der Waals surface area (Å²) in [7, 11) is 0. The van der Waals surface area contributed by atoms with Crippen molar-refractivity contribution in [2.45, 2.75) is 19.4 Å². The number of benzene rings is 2. The molecule has 2 N–H and O–H groups in total. The summed E-state index contributed by atoms with van der Waals surface area (Å²) >= 11 is 0. The van der Waals surface area contributed by atoms with Gasteiger partial charge in [0.2, 0.25) is 0 Å². The molecule has 0 amide bonds. The monoisotopic (exact) mass is 320 g/mol. The van der Waals surface area contributed by atoms with E-state index in [4.69, 9.17) is 9.97 Å². The Bertz CT molecular complexity index is 859. The van der Waals surface area contributed by atoms with Crippen molar-refractivity contribution >= 4 is 22.4 Å². The lowest BCUT2D eigenvalue weighted by Crippen LogP contribution is -2.20. The molecule has 5 nitrogen and oxygen atoms in total. The predicted molar refractivity (Wildman–Crippen MR) is 95.4 cm³/mol. The van der Waals surface area contributed by atoms with Gasteiger partial charge in [0.15, 0.2) is 0 Å². The fraction of sp³-hybridized carbons (Fsp3) is 0.263. The Balaban J connectivity index is 1.71. The SMILES string of the molecule is Oc1cccc(Nc2nc(CN3CCCC3)nc3ccccc23)c1. The summed E-state index contributed by atoms with van der Waals surface area (Å²) in [6.45, 7) is 3.01. The third kappa shape index (κ3) is 3.16. The number of fused-ring (bicyclic) bond motifs is 1. The van der Waals surface area contributed by atoms with E-state index in [1.165, 1.54) is 12.8 Å². The van der Waals surface area contributed by atoms with Crippen molar-refractivity contribution in [1.82, 2.24) is 14.9 Å². The molecule has 122 valence electrons. The van der Waals surface area contributed by atoms with Gasteiger partial charge >= 0.3 is 0 Å². The molecule has 4 rings (SSSR count). The number of nitrogens with one attached hydrogen (secondary N) is 1. The molecule has 3 aromatic rings. The van der Waals surface area contributed by atoms with Gasteiger partial charge in [-0.15, -0.1) is 0 Å². The molecule has 1 aromatic heterocycles. The van der Waals surface area contributed by atoms with E-state index in [0.29, 0.717) is 0 Å². The highest BCUT2D eigenvalue weighted by Crippen LogP contribution is 2.26. The van der Waals surface area contributed by atoms with Crippen molar-refractivity contribution in [2.75, 3.05) is 18.4 Å². The van der Waals surface area contributed by atoms with Gasteiger partial charge in [0.05, 0.1) is 12.1 Å². The standard InChI is InChI=1S/C19H20N4O/c24-15-7-5-6-14(12-15)20-19-16-8-1-2-9-17(16)21-18(22-19)13-23-10-3-4-11-23/h1-2,5-9,12,24H,3-4,10-11,13H2,(H,20,21,22). The number of phenolic OH excluding ortho intramolecular Hbond substituents is 1. The Labute approximate surface area is 141 Å². The van der Waals surface area contributed by atoms with Crippen LogP contribution in [0.1, 0.15) is 18.7 Å². The van der Waals surface area contributed by atoms with E-state index >= 15 is 0 Å². The minimum absolute atomic E-state index is 0.232. The van der Waals surface area contributed by atoms with Crippen molar-refractivity contribution in [3.8, 4) is 5.75 Å². The average Bonchev–Trinajstić information content (AvgIpc) is 3.08. The number of para-hydroxylation sites is 1. The van der Waals surface area contributed by atoms with Crippen LogP contribution in [0.15, 0.2) is 48.5 Å². The van der Waals surface area contributed by atoms with Gasteiger partial charge in [0.25, 0.3) is 0 Å². The molecule has 0 saturated carbocycles. The van der Waals surface area contributed by atoms with E-state index < -0.39 is 0 Å². The molecular formula is C19H20N4O. The van der Waals surface area contributed by atoms with Crippen LogP contribution in [-0.4, -0.2) is 33.1 Å². The maximum atomic E-state index is 9.67. The van der Waals surface area contributed by atoms with Gasteiger partial charge in [0, 0.05) is 17.1 Å². The molecule has 0 bridgehead atoms. The molecule has 2 heterocycles. The van der Waals surface area contributed by atoms with Crippen LogP contribution in [0.4, 0.5) is 11.5 Å². The fourth-order valence-electron chi connectivity index (χ4n) is 3.15. The highest BCUT2D eigenvalue weighted by atomic mass is 16.3. The van der Waals surface area contributed by atoms with Gasteiger partial charge in [-0.25, -0.2) is 9.97 Å². The molecule has 0 atom stereocenters.